The molecule has 0 bridgehead atoms. The monoisotopic (exact) mass is 501 g/mol. The van der Waals surface area contributed by atoms with E-state index in [1.165, 1.54) is 11.9 Å². The van der Waals surface area contributed by atoms with E-state index in [2.05, 4.69) is 32.6 Å². The van der Waals surface area contributed by atoms with Gasteiger partial charge < -0.3 is 15.0 Å². The van der Waals surface area contributed by atoms with Crippen molar-refractivity contribution in [3.63, 3.8) is 0 Å². The maximum Gasteiger partial charge on any atom is 0.253 e. The lowest BCUT2D eigenvalue weighted by Crippen LogP contribution is -2.48. The second-order valence-electron chi connectivity index (χ2n) is 10.3. The molecule has 3 heterocycles. The summed E-state index contributed by atoms with van der Waals surface area (Å²) in [5, 5.41) is 9.96. The van der Waals surface area contributed by atoms with E-state index in [9.17, 15) is 9.59 Å². The van der Waals surface area contributed by atoms with Crippen LogP contribution >= 0.6 is 0 Å². The Morgan fingerprint density at radius 1 is 0.973 bits per heavy atom. The molecule has 1 spiro atoms. The van der Waals surface area contributed by atoms with Gasteiger partial charge in [0, 0.05) is 37.2 Å². The maximum atomic E-state index is 13.3. The van der Waals surface area contributed by atoms with Crippen LogP contribution in [0.5, 0.6) is 5.75 Å². The predicted octanol–water partition coefficient (Wildman–Crippen LogP) is 4.40. The first-order chi connectivity index (χ1) is 18.1. The number of H-pyrrole nitrogens is 1. The van der Waals surface area contributed by atoms with Crippen molar-refractivity contribution in [2.75, 3.05) is 26.2 Å². The number of aryl methyl sites for hydroxylation is 1. The first kappa shape index (κ1) is 25.0. The number of carbonyl (C=O) groups excluding carboxylic acids is 2. The summed E-state index contributed by atoms with van der Waals surface area (Å²) in [7, 11) is 0. The third-order valence-corrected chi connectivity index (χ3v) is 7.75. The van der Waals surface area contributed by atoms with E-state index >= 15 is 0 Å². The molecule has 2 aliphatic heterocycles. The minimum absolute atomic E-state index is 0.0221. The minimum atomic E-state index is 0.0221. The molecule has 1 saturated heterocycles. The molecule has 2 N–H and O–H groups in total. The number of rotatable bonds is 2. The normalized spacial score (nSPS) is 18.8. The standard InChI is InChI=1S/C29H35N5O3/c35-26-12-6-18-37-25-11-2-1-7-22(25)8-3-4-13-29(20-30-26)14-16-34(17-15-29)28(36)24-10-5-9-23(19-24)27-31-21-32-33-27/h1-2,5,7,9-11,19,21H,3-4,6,8,12-18,20H2,(H,30,35)(H,31,32,33). The summed E-state index contributed by atoms with van der Waals surface area (Å²) in [6.07, 6.45) is 8.59. The van der Waals surface area contributed by atoms with Crippen LogP contribution in [0.3, 0.4) is 0 Å². The van der Waals surface area contributed by atoms with Gasteiger partial charge >= 0.3 is 0 Å². The van der Waals surface area contributed by atoms with Gasteiger partial charge in [-0.05, 0) is 67.7 Å². The van der Waals surface area contributed by atoms with Crippen molar-refractivity contribution < 1.29 is 14.3 Å². The molecule has 194 valence electrons. The predicted molar refractivity (Wildman–Crippen MR) is 141 cm³/mol. The SMILES string of the molecule is O=C1CCCOc2ccccc2CCCCC2(CCN(C(=O)c3cccc(-c4ncn[nH]4)c3)CC2)CN1. The quantitative estimate of drug-likeness (QED) is 0.542. The number of ether oxygens (including phenoxy) is 1. The fourth-order valence-corrected chi connectivity index (χ4v) is 5.48. The summed E-state index contributed by atoms with van der Waals surface area (Å²) in [4.78, 5) is 32.1. The number of para-hydroxylation sites is 1. The molecule has 1 fully saturated rings. The molecule has 0 unspecified atom stereocenters. The zero-order chi connectivity index (χ0) is 25.5. The molecule has 8 nitrogen and oxygen atoms in total. The number of aromatic nitrogens is 3. The van der Waals surface area contributed by atoms with Gasteiger partial charge in [-0.2, -0.15) is 5.10 Å². The summed E-state index contributed by atoms with van der Waals surface area (Å²) in [6, 6.07) is 15.8. The number of hydrogen-bond acceptors (Lipinski definition) is 5. The zero-order valence-corrected chi connectivity index (χ0v) is 21.2. The Morgan fingerprint density at radius 2 is 1.84 bits per heavy atom. The Hall–Kier alpha value is -3.68. The summed E-state index contributed by atoms with van der Waals surface area (Å²) in [5.74, 6) is 1.71. The maximum absolute atomic E-state index is 13.3. The van der Waals surface area contributed by atoms with Crippen molar-refractivity contribution in [3.8, 4) is 17.1 Å². The number of benzene rings is 2. The fourth-order valence-electron chi connectivity index (χ4n) is 5.48. The lowest BCUT2D eigenvalue weighted by atomic mass is 9.74. The van der Waals surface area contributed by atoms with Crippen molar-refractivity contribution >= 4 is 11.8 Å². The number of aromatic amines is 1. The molecule has 2 aliphatic rings. The number of nitrogens with one attached hydrogen (secondary N) is 2. The van der Waals surface area contributed by atoms with Gasteiger partial charge in [0.15, 0.2) is 5.82 Å². The Balaban J connectivity index is 1.24. The number of hydrogen-bond donors (Lipinski definition) is 2. The van der Waals surface area contributed by atoms with Crippen LogP contribution in [0, 0.1) is 5.41 Å². The fraction of sp³-hybridized carbons (Fsp3) is 0.448. The van der Waals surface area contributed by atoms with Crippen LogP contribution in [0.1, 0.15) is 60.9 Å². The minimum Gasteiger partial charge on any atom is -0.493 e. The number of carbonyl (C=O) groups is 2. The molecule has 0 aliphatic carbocycles. The molecule has 2 amide bonds. The highest BCUT2D eigenvalue weighted by Crippen LogP contribution is 2.37. The highest BCUT2D eigenvalue weighted by atomic mass is 16.5. The van der Waals surface area contributed by atoms with Crippen molar-refractivity contribution in [1.82, 2.24) is 25.4 Å². The Kier molecular flexibility index (Phi) is 7.82. The van der Waals surface area contributed by atoms with Crippen molar-refractivity contribution in [1.29, 1.82) is 0 Å². The summed E-state index contributed by atoms with van der Waals surface area (Å²) < 4.78 is 5.96. The van der Waals surface area contributed by atoms with Crippen LogP contribution in [-0.4, -0.2) is 58.1 Å². The number of likely N-dealkylation sites (tertiary alicyclic amines) is 1. The average molecular weight is 502 g/mol. The molecule has 0 radical (unpaired) electrons. The van der Waals surface area contributed by atoms with Gasteiger partial charge in [0.1, 0.15) is 12.1 Å². The van der Waals surface area contributed by atoms with E-state index in [4.69, 9.17) is 4.74 Å². The van der Waals surface area contributed by atoms with E-state index in [1.807, 2.05) is 41.3 Å². The van der Waals surface area contributed by atoms with Crippen LogP contribution in [-0.2, 0) is 11.2 Å². The van der Waals surface area contributed by atoms with Gasteiger partial charge in [0.05, 0.1) is 6.61 Å². The van der Waals surface area contributed by atoms with Crippen LogP contribution in [0.2, 0.25) is 0 Å². The average Bonchev–Trinajstić information content (AvgIpc) is 3.48. The molecule has 5 rings (SSSR count). The van der Waals surface area contributed by atoms with Gasteiger partial charge in [0.2, 0.25) is 5.91 Å². The summed E-state index contributed by atoms with van der Waals surface area (Å²) in [5.41, 5.74) is 2.77. The van der Waals surface area contributed by atoms with E-state index in [0.717, 1.165) is 49.8 Å². The highest BCUT2D eigenvalue weighted by molar-refractivity contribution is 5.95. The van der Waals surface area contributed by atoms with Gasteiger partial charge in [0.25, 0.3) is 5.91 Å². The van der Waals surface area contributed by atoms with Crippen molar-refractivity contribution in [3.05, 3.63) is 66.0 Å². The Bertz CT molecular complexity index is 1200. The molecule has 37 heavy (non-hydrogen) atoms. The van der Waals surface area contributed by atoms with E-state index in [-0.39, 0.29) is 17.2 Å². The third-order valence-electron chi connectivity index (χ3n) is 7.75. The van der Waals surface area contributed by atoms with E-state index in [1.54, 1.807) is 0 Å². The number of fused-ring (bicyclic) bond motifs is 1. The molecular formula is C29H35N5O3. The molecule has 3 aromatic rings. The Labute approximate surface area is 217 Å². The zero-order valence-electron chi connectivity index (χ0n) is 21.2. The van der Waals surface area contributed by atoms with Crippen LogP contribution < -0.4 is 10.1 Å². The molecular weight excluding hydrogens is 466 g/mol. The molecule has 8 heteroatoms. The van der Waals surface area contributed by atoms with Crippen molar-refractivity contribution in [2.45, 2.75) is 51.4 Å². The Morgan fingerprint density at radius 3 is 2.68 bits per heavy atom. The van der Waals surface area contributed by atoms with Gasteiger partial charge in [-0.3, -0.25) is 14.7 Å². The first-order valence-corrected chi connectivity index (χ1v) is 13.3. The number of nitrogens with zero attached hydrogens (tertiary/aromatic N) is 3. The molecule has 0 saturated carbocycles. The summed E-state index contributed by atoms with van der Waals surface area (Å²) in [6.45, 7) is 2.60. The summed E-state index contributed by atoms with van der Waals surface area (Å²) >= 11 is 0. The van der Waals surface area contributed by atoms with Crippen LogP contribution in [0.15, 0.2) is 54.9 Å². The number of amides is 2. The number of piperidine rings is 1. The van der Waals surface area contributed by atoms with Gasteiger partial charge in [-0.15, -0.1) is 0 Å². The lowest BCUT2D eigenvalue weighted by Gasteiger charge is -2.42. The first-order valence-electron chi connectivity index (χ1n) is 13.3. The second kappa shape index (κ2) is 11.6. The largest absolute Gasteiger partial charge is 0.493 e. The highest BCUT2D eigenvalue weighted by Gasteiger charge is 2.36. The lowest BCUT2D eigenvalue weighted by molar-refractivity contribution is -0.122. The topological polar surface area (TPSA) is 100 Å². The van der Waals surface area contributed by atoms with Gasteiger partial charge in [-0.25, -0.2) is 4.98 Å². The third kappa shape index (κ3) is 6.18. The smallest absolute Gasteiger partial charge is 0.253 e. The van der Waals surface area contributed by atoms with Crippen LogP contribution in [0.25, 0.3) is 11.4 Å². The molecule has 2 aromatic carbocycles. The van der Waals surface area contributed by atoms with Crippen LogP contribution in [0.4, 0.5) is 0 Å². The van der Waals surface area contributed by atoms with E-state index < -0.39 is 0 Å². The van der Waals surface area contributed by atoms with Gasteiger partial charge in [-0.1, -0.05) is 36.8 Å². The second-order valence-corrected chi connectivity index (χ2v) is 10.3. The van der Waals surface area contributed by atoms with Crippen molar-refractivity contribution in [2.24, 2.45) is 5.41 Å². The molecule has 0 atom stereocenters. The van der Waals surface area contributed by atoms with E-state index in [0.29, 0.717) is 50.5 Å². The molecule has 1 aromatic heterocycles.